The van der Waals surface area contributed by atoms with E-state index in [9.17, 15) is 0 Å². The molecule has 9 aromatic carbocycles. The standard InChI is InChI=1S/C51H30N2O3/c1-4-10-46-41(7-1)43-27-34-19-23-39(25-36(34)29-49(43)54-46)53(40-24-20-35-28-44-42-8-2-5-11-47(42)55-50(44)30-37(35)26-40)38-21-17-32(18-22-38)31-13-15-33(16-14-31)51-52-45-9-3-6-12-48(45)56-51/h1-30H. The maximum Gasteiger partial charge on any atom is 0.227 e. The summed E-state index contributed by atoms with van der Waals surface area (Å²) < 4.78 is 18.6. The zero-order chi connectivity index (χ0) is 36.7. The molecule has 262 valence electrons. The Hall–Kier alpha value is -7.63. The molecule has 0 fully saturated rings. The largest absolute Gasteiger partial charge is 0.456 e. The van der Waals surface area contributed by atoms with E-state index in [-0.39, 0.29) is 0 Å². The van der Waals surface area contributed by atoms with Crippen molar-refractivity contribution in [2.45, 2.75) is 0 Å². The summed E-state index contributed by atoms with van der Waals surface area (Å²) in [4.78, 5) is 7.00. The fourth-order valence-corrected chi connectivity index (χ4v) is 8.24. The van der Waals surface area contributed by atoms with Crippen LogP contribution >= 0.6 is 0 Å². The summed E-state index contributed by atoms with van der Waals surface area (Å²) in [7, 11) is 0. The van der Waals surface area contributed by atoms with Gasteiger partial charge >= 0.3 is 0 Å². The van der Waals surface area contributed by atoms with Crippen LogP contribution in [0.15, 0.2) is 195 Å². The summed E-state index contributed by atoms with van der Waals surface area (Å²) in [5.74, 6) is 0.622. The molecule has 0 saturated heterocycles. The second kappa shape index (κ2) is 11.9. The molecule has 0 bridgehead atoms. The number of aromatic nitrogens is 1. The molecule has 56 heavy (non-hydrogen) atoms. The quantitative estimate of drug-likeness (QED) is 0.177. The zero-order valence-electron chi connectivity index (χ0n) is 29.9. The molecule has 0 unspecified atom stereocenters. The van der Waals surface area contributed by atoms with Crippen molar-refractivity contribution in [1.29, 1.82) is 0 Å². The van der Waals surface area contributed by atoms with Gasteiger partial charge in [-0.05, 0) is 130 Å². The molecule has 0 saturated carbocycles. The van der Waals surface area contributed by atoms with Crippen LogP contribution in [0.2, 0.25) is 0 Å². The molecule has 12 rings (SSSR count). The molecule has 0 aliphatic carbocycles. The van der Waals surface area contributed by atoms with E-state index >= 15 is 0 Å². The summed E-state index contributed by atoms with van der Waals surface area (Å²) in [5, 5.41) is 9.06. The van der Waals surface area contributed by atoms with Crippen LogP contribution in [0, 0.1) is 0 Å². The van der Waals surface area contributed by atoms with Crippen molar-refractivity contribution in [2.24, 2.45) is 0 Å². The Kier molecular flexibility index (Phi) is 6.56. The van der Waals surface area contributed by atoms with E-state index < -0.39 is 0 Å². The number of furan rings is 2. The lowest BCUT2D eigenvalue weighted by atomic mass is 10.0. The molecule has 12 aromatic rings. The summed E-state index contributed by atoms with van der Waals surface area (Å²) in [6.07, 6.45) is 0. The van der Waals surface area contributed by atoms with Gasteiger partial charge in [-0.15, -0.1) is 0 Å². The number of hydrogen-bond donors (Lipinski definition) is 0. The van der Waals surface area contributed by atoms with Crippen LogP contribution in [-0.2, 0) is 0 Å². The van der Waals surface area contributed by atoms with Crippen LogP contribution in [-0.4, -0.2) is 4.98 Å². The first-order chi connectivity index (χ1) is 27.7. The maximum atomic E-state index is 6.31. The maximum absolute atomic E-state index is 6.31. The number of rotatable bonds is 5. The molecule has 0 atom stereocenters. The van der Waals surface area contributed by atoms with Gasteiger partial charge in [0.1, 0.15) is 27.8 Å². The highest BCUT2D eigenvalue weighted by Crippen LogP contribution is 2.41. The second-order valence-electron chi connectivity index (χ2n) is 14.4. The predicted molar refractivity (Wildman–Crippen MR) is 229 cm³/mol. The van der Waals surface area contributed by atoms with E-state index in [1.54, 1.807) is 0 Å². The van der Waals surface area contributed by atoms with Gasteiger partial charge in [0.25, 0.3) is 0 Å². The van der Waals surface area contributed by atoms with E-state index in [0.29, 0.717) is 5.89 Å². The molecule has 0 amide bonds. The average Bonchev–Trinajstić information content (AvgIpc) is 3.95. The van der Waals surface area contributed by atoms with Gasteiger partial charge in [-0.2, -0.15) is 0 Å². The molecule has 3 heterocycles. The Bertz CT molecular complexity index is 3290. The van der Waals surface area contributed by atoms with Gasteiger partial charge in [-0.3, -0.25) is 0 Å². The van der Waals surface area contributed by atoms with Crippen molar-refractivity contribution in [3.63, 3.8) is 0 Å². The van der Waals surface area contributed by atoms with Crippen molar-refractivity contribution in [3.8, 4) is 22.6 Å². The van der Waals surface area contributed by atoms with Gasteiger partial charge in [0.2, 0.25) is 5.89 Å². The fourth-order valence-electron chi connectivity index (χ4n) is 8.24. The molecule has 0 N–H and O–H groups in total. The first-order valence-corrected chi connectivity index (χ1v) is 18.8. The second-order valence-corrected chi connectivity index (χ2v) is 14.4. The fraction of sp³-hybridized carbons (Fsp3) is 0. The monoisotopic (exact) mass is 718 g/mol. The van der Waals surface area contributed by atoms with Crippen molar-refractivity contribution in [1.82, 2.24) is 4.98 Å². The molecule has 0 aliphatic heterocycles. The topological polar surface area (TPSA) is 55.6 Å². The highest BCUT2D eigenvalue weighted by molar-refractivity contribution is 6.12. The molecule has 5 nitrogen and oxygen atoms in total. The minimum atomic E-state index is 0.622. The summed E-state index contributed by atoms with van der Waals surface area (Å²) in [5.41, 5.74) is 11.5. The smallest absolute Gasteiger partial charge is 0.227 e. The van der Waals surface area contributed by atoms with Crippen LogP contribution in [0.4, 0.5) is 17.1 Å². The van der Waals surface area contributed by atoms with Crippen molar-refractivity contribution in [3.05, 3.63) is 182 Å². The number of nitrogens with zero attached hydrogens (tertiary/aromatic N) is 2. The van der Waals surface area contributed by atoms with E-state index in [1.807, 2.05) is 48.5 Å². The number of fused-ring (bicyclic) bond motifs is 9. The Morgan fingerprint density at radius 2 is 0.804 bits per heavy atom. The molecular weight excluding hydrogens is 689 g/mol. The number of hydrogen-bond acceptors (Lipinski definition) is 5. The number of oxazole rings is 1. The van der Waals surface area contributed by atoms with Crippen molar-refractivity contribution in [2.75, 3.05) is 4.90 Å². The summed E-state index contributed by atoms with van der Waals surface area (Å²) >= 11 is 0. The molecular formula is C51H30N2O3. The molecule has 5 heteroatoms. The lowest BCUT2D eigenvalue weighted by Gasteiger charge is -2.26. The van der Waals surface area contributed by atoms with E-state index in [2.05, 4.69) is 143 Å². The molecule has 0 aliphatic rings. The Balaban J connectivity index is 0.963. The summed E-state index contributed by atoms with van der Waals surface area (Å²) in [6.45, 7) is 0. The van der Waals surface area contributed by atoms with Crippen LogP contribution in [0.3, 0.4) is 0 Å². The molecule has 0 radical (unpaired) electrons. The van der Waals surface area contributed by atoms with Gasteiger partial charge in [-0.25, -0.2) is 4.98 Å². The van der Waals surface area contributed by atoms with Gasteiger partial charge in [-0.1, -0.05) is 84.9 Å². The highest BCUT2D eigenvalue weighted by Gasteiger charge is 2.17. The van der Waals surface area contributed by atoms with Crippen LogP contribution in [0.25, 0.3) is 99.1 Å². The highest BCUT2D eigenvalue weighted by atomic mass is 16.3. The molecule has 0 spiro atoms. The molecule has 3 aromatic heterocycles. The average molecular weight is 719 g/mol. The minimum absolute atomic E-state index is 0.622. The first kappa shape index (κ1) is 30.8. The third kappa shape index (κ3) is 4.91. The van der Waals surface area contributed by atoms with Crippen molar-refractivity contribution < 1.29 is 13.3 Å². The summed E-state index contributed by atoms with van der Waals surface area (Å²) in [6, 6.07) is 63.7. The predicted octanol–water partition coefficient (Wildman–Crippen LogP) is 14.7. The van der Waals surface area contributed by atoms with Gasteiger partial charge in [0.15, 0.2) is 5.58 Å². The zero-order valence-corrected chi connectivity index (χ0v) is 29.9. The lowest BCUT2D eigenvalue weighted by molar-refractivity contribution is 0.620. The number of para-hydroxylation sites is 4. The van der Waals surface area contributed by atoms with Crippen LogP contribution in [0.5, 0.6) is 0 Å². The van der Waals surface area contributed by atoms with Gasteiger partial charge in [0, 0.05) is 44.2 Å². The minimum Gasteiger partial charge on any atom is -0.456 e. The van der Waals surface area contributed by atoms with E-state index in [4.69, 9.17) is 13.3 Å². The lowest BCUT2D eigenvalue weighted by Crippen LogP contribution is -2.09. The van der Waals surface area contributed by atoms with Crippen molar-refractivity contribution >= 4 is 93.6 Å². The Morgan fingerprint density at radius 3 is 1.38 bits per heavy atom. The SMILES string of the molecule is c1ccc2oc(-c3ccc(-c4ccc(N(c5ccc6cc7c(cc6c5)oc5ccccc57)c5ccc6cc7c(cc6c5)oc5ccccc57)cc4)cc3)nc2c1. The van der Waals surface area contributed by atoms with E-state index in [0.717, 1.165) is 110 Å². The first-order valence-electron chi connectivity index (χ1n) is 18.8. The third-order valence-corrected chi connectivity index (χ3v) is 11.0. The van der Waals surface area contributed by atoms with Crippen LogP contribution in [0.1, 0.15) is 0 Å². The Morgan fingerprint density at radius 1 is 0.321 bits per heavy atom. The number of benzene rings is 9. The van der Waals surface area contributed by atoms with Gasteiger partial charge < -0.3 is 18.2 Å². The normalized spacial score (nSPS) is 11.9. The Labute approximate surface area is 320 Å². The van der Waals surface area contributed by atoms with Crippen LogP contribution < -0.4 is 4.90 Å². The third-order valence-electron chi connectivity index (χ3n) is 11.0. The number of anilines is 3. The van der Waals surface area contributed by atoms with E-state index in [1.165, 1.54) is 0 Å². The van der Waals surface area contributed by atoms with Gasteiger partial charge in [0.05, 0.1) is 0 Å².